The van der Waals surface area contributed by atoms with E-state index in [-0.39, 0.29) is 49.5 Å². The van der Waals surface area contributed by atoms with E-state index in [1.54, 1.807) is 12.1 Å². The molecule has 5 fully saturated rings. The number of morpholine rings is 1. The lowest BCUT2D eigenvalue weighted by Gasteiger charge is -2.35. The number of fused-ring (bicyclic) bond motifs is 2. The molecule has 2 aromatic rings. The van der Waals surface area contributed by atoms with Crippen molar-refractivity contribution < 1.29 is 43.2 Å². The molecule has 58 heavy (non-hydrogen) atoms. The van der Waals surface area contributed by atoms with E-state index < -0.39 is 40.8 Å². The van der Waals surface area contributed by atoms with Gasteiger partial charge in [-0.3, -0.25) is 24.1 Å². The Morgan fingerprint density at radius 1 is 1.07 bits per heavy atom. The fourth-order valence-corrected chi connectivity index (χ4v) is 9.50. The number of carbonyl (C=O) groups is 4. The number of amides is 1. The highest BCUT2D eigenvalue weighted by atomic mass is 35.5. The molecule has 314 valence electrons. The summed E-state index contributed by atoms with van der Waals surface area (Å²) in [6.07, 6.45) is 5.79. The molecule has 3 aliphatic carbocycles. The monoisotopic (exact) mass is 819 g/mol. The number of nitrogens with zero attached hydrogens (tertiary/aromatic N) is 3. The van der Waals surface area contributed by atoms with Gasteiger partial charge in [0.05, 0.1) is 54.8 Å². The molecule has 12 nitrogen and oxygen atoms in total. The Hall–Kier alpha value is -4.00. The number of hydrogen-bond donors (Lipinski definition) is 1. The number of Topliss-reactive ketones (excluding diaryl/α,β-unsaturated/α-hetero) is 1. The average molecular weight is 820 g/mol. The zero-order valence-electron chi connectivity index (χ0n) is 34.5. The number of carboxylic acid groups (broad SMARTS) is 1. The van der Waals surface area contributed by atoms with Crippen LogP contribution < -0.4 is 9.47 Å². The van der Waals surface area contributed by atoms with Crippen LogP contribution in [-0.2, 0) is 28.7 Å². The van der Waals surface area contributed by atoms with Gasteiger partial charge in [-0.2, -0.15) is 0 Å². The summed E-state index contributed by atoms with van der Waals surface area (Å²) in [5, 5.41) is 11.2. The van der Waals surface area contributed by atoms with Gasteiger partial charge in [0, 0.05) is 43.9 Å². The Labute approximate surface area is 346 Å². The number of rotatable bonds is 16. The standard InChI is InChI=1S/C45H58ClN3O9/c1-7-29-23-45(29,43(53)54)24-36(50)35-21-32(25-49(35)42(52)34(44(4,5)6)22-39(51)58-31-18-27-17-28(27)19-31)57-38-20-30(16-26(2)3)47-41-33(38)8-9-37(40(41)46)56-15-12-48-10-13-55-14-11-48/h7-9,16,20,27-29,31-32,34-35H,1,10-15,17-19,21-25H2,2-6H3,(H,53,54)/t27-,28+,29-,31?,32-,34-,35+,45-/m1/s1. The molecule has 1 amide bonds. The van der Waals surface area contributed by atoms with Crippen molar-refractivity contribution in [1.82, 2.24) is 14.8 Å². The number of pyridine rings is 1. The number of halogens is 1. The van der Waals surface area contributed by atoms with Gasteiger partial charge in [-0.05, 0) is 80.9 Å². The third-order valence-electron chi connectivity index (χ3n) is 12.8. The van der Waals surface area contributed by atoms with E-state index in [0.29, 0.717) is 71.2 Å². The second-order valence-corrected chi connectivity index (χ2v) is 18.8. The summed E-state index contributed by atoms with van der Waals surface area (Å²) in [5.74, 6) is -1.03. The van der Waals surface area contributed by atoms with Crippen LogP contribution in [0.5, 0.6) is 11.5 Å². The number of aliphatic carboxylic acids is 1. The number of aromatic nitrogens is 1. The number of carboxylic acids is 1. The highest BCUT2D eigenvalue weighted by Gasteiger charge is 2.61. The van der Waals surface area contributed by atoms with Crippen LogP contribution in [0.2, 0.25) is 5.02 Å². The lowest BCUT2D eigenvalue weighted by atomic mass is 9.77. The zero-order chi connectivity index (χ0) is 41.5. The van der Waals surface area contributed by atoms with Crippen LogP contribution in [0.1, 0.15) is 85.3 Å². The first-order chi connectivity index (χ1) is 27.6. The zero-order valence-corrected chi connectivity index (χ0v) is 35.2. The van der Waals surface area contributed by atoms with Crippen LogP contribution in [0, 0.1) is 34.5 Å². The second kappa shape index (κ2) is 16.9. The molecule has 1 aromatic carbocycles. The van der Waals surface area contributed by atoms with Gasteiger partial charge in [0.15, 0.2) is 5.78 Å². The summed E-state index contributed by atoms with van der Waals surface area (Å²) >= 11 is 7.00. The van der Waals surface area contributed by atoms with E-state index in [4.69, 9.17) is 35.5 Å². The maximum absolute atomic E-state index is 14.7. The number of ether oxygens (including phenoxy) is 4. The third-order valence-corrected chi connectivity index (χ3v) is 13.2. The Morgan fingerprint density at radius 2 is 1.79 bits per heavy atom. The molecule has 0 bridgehead atoms. The van der Waals surface area contributed by atoms with Gasteiger partial charge in [0.2, 0.25) is 5.91 Å². The van der Waals surface area contributed by atoms with Crippen LogP contribution in [0.3, 0.4) is 0 Å². The van der Waals surface area contributed by atoms with Crippen LogP contribution in [-0.4, -0.2) is 108 Å². The average Bonchev–Trinajstić information content (AvgIpc) is 3.98. The van der Waals surface area contributed by atoms with Crippen molar-refractivity contribution >= 4 is 52.2 Å². The van der Waals surface area contributed by atoms with Crippen molar-refractivity contribution in [2.45, 2.75) is 97.8 Å². The van der Waals surface area contributed by atoms with E-state index in [0.717, 1.165) is 38.0 Å². The smallest absolute Gasteiger partial charge is 0.310 e. The molecule has 2 saturated heterocycles. The molecule has 3 saturated carbocycles. The number of benzene rings is 1. The van der Waals surface area contributed by atoms with Gasteiger partial charge in [-0.25, -0.2) is 4.98 Å². The summed E-state index contributed by atoms with van der Waals surface area (Å²) in [7, 11) is 0. The number of hydrogen-bond acceptors (Lipinski definition) is 10. The molecular formula is C45H58ClN3O9. The van der Waals surface area contributed by atoms with Crippen LogP contribution in [0.15, 0.2) is 36.4 Å². The minimum Gasteiger partial charge on any atom is -0.491 e. The molecule has 1 N–H and O–H groups in total. The number of esters is 1. The van der Waals surface area contributed by atoms with E-state index >= 15 is 0 Å². The predicted octanol–water partition coefficient (Wildman–Crippen LogP) is 7.00. The number of allylic oxidation sites excluding steroid dienone is 2. The largest absolute Gasteiger partial charge is 0.491 e. The summed E-state index contributed by atoms with van der Waals surface area (Å²) in [5.41, 5.74) is 0.226. The first kappa shape index (κ1) is 42.1. The lowest BCUT2D eigenvalue weighted by molar-refractivity contribution is -0.157. The Kier molecular flexibility index (Phi) is 12.3. The predicted molar refractivity (Wildman–Crippen MR) is 220 cm³/mol. The van der Waals surface area contributed by atoms with E-state index in [1.807, 2.05) is 52.8 Å². The van der Waals surface area contributed by atoms with E-state index in [9.17, 15) is 24.3 Å². The van der Waals surface area contributed by atoms with Gasteiger partial charge in [0.25, 0.3) is 0 Å². The second-order valence-electron chi connectivity index (χ2n) is 18.4. The fourth-order valence-electron chi connectivity index (χ4n) is 9.24. The van der Waals surface area contributed by atoms with Crippen molar-refractivity contribution in [2.24, 2.45) is 34.5 Å². The molecule has 8 atom stereocenters. The first-order valence-electron chi connectivity index (χ1n) is 20.8. The van der Waals surface area contributed by atoms with Gasteiger partial charge in [-0.1, -0.05) is 44.0 Å². The number of carbonyl (C=O) groups excluding carboxylic acids is 3. The van der Waals surface area contributed by atoms with Gasteiger partial charge in [0.1, 0.15) is 35.3 Å². The summed E-state index contributed by atoms with van der Waals surface area (Å²) in [6, 6.07) is 4.52. The van der Waals surface area contributed by atoms with E-state index in [2.05, 4.69) is 11.5 Å². The quantitative estimate of drug-likeness (QED) is 0.138. The maximum Gasteiger partial charge on any atom is 0.310 e. The van der Waals surface area contributed by atoms with Crippen molar-refractivity contribution in [1.29, 1.82) is 0 Å². The molecular weight excluding hydrogens is 762 g/mol. The lowest BCUT2D eigenvalue weighted by Crippen LogP contribution is -2.48. The molecule has 5 aliphatic rings. The molecule has 0 radical (unpaired) electrons. The first-order valence-corrected chi connectivity index (χ1v) is 21.2. The third kappa shape index (κ3) is 9.24. The van der Waals surface area contributed by atoms with Crippen molar-refractivity contribution in [3.05, 3.63) is 47.1 Å². The maximum atomic E-state index is 14.7. The number of likely N-dealkylation sites (tertiary alicyclic amines) is 1. The summed E-state index contributed by atoms with van der Waals surface area (Å²) in [6.45, 7) is 17.8. The molecule has 3 heterocycles. The molecule has 0 spiro atoms. The molecule has 1 unspecified atom stereocenters. The topological polar surface area (TPSA) is 145 Å². The van der Waals surface area contributed by atoms with Crippen molar-refractivity contribution in [3.63, 3.8) is 0 Å². The van der Waals surface area contributed by atoms with Crippen molar-refractivity contribution in [3.8, 4) is 11.5 Å². The molecule has 13 heteroatoms. The Morgan fingerprint density at radius 3 is 2.43 bits per heavy atom. The minimum absolute atomic E-state index is 0.0616. The Bertz CT molecular complexity index is 1960. The normalized spacial score (nSPS) is 28.3. The molecule has 7 rings (SSSR count). The van der Waals surface area contributed by atoms with E-state index in [1.165, 1.54) is 11.3 Å². The molecule has 1 aromatic heterocycles. The van der Waals surface area contributed by atoms with Crippen molar-refractivity contribution in [2.75, 3.05) is 46.0 Å². The highest BCUT2D eigenvalue weighted by molar-refractivity contribution is 6.36. The summed E-state index contributed by atoms with van der Waals surface area (Å²) < 4.78 is 24.2. The SMILES string of the molecule is C=C[C@@H]1C[C@]1(CC(=O)[C@@H]1C[C@@H](Oc2cc(C=C(C)C)nc3c(Cl)c(OCCN4CCOCC4)ccc23)CN1C(=O)[C@@H](CC(=O)OC1C[C@@H]2C[C@@H]2C1)C(C)(C)C)C(=O)O. The van der Waals surface area contributed by atoms with Crippen LogP contribution in [0.4, 0.5) is 0 Å². The highest BCUT2D eigenvalue weighted by Crippen LogP contribution is 2.57. The summed E-state index contributed by atoms with van der Waals surface area (Å²) in [4.78, 5) is 63.6. The number of ketones is 1. The van der Waals surface area contributed by atoms with Gasteiger partial charge in [-0.15, -0.1) is 6.58 Å². The van der Waals surface area contributed by atoms with Gasteiger partial charge < -0.3 is 29.0 Å². The fraction of sp³-hybridized carbons (Fsp3) is 0.622. The minimum atomic E-state index is -1.25. The van der Waals surface area contributed by atoms with Gasteiger partial charge >= 0.3 is 11.9 Å². The Balaban J connectivity index is 1.15. The van der Waals surface area contributed by atoms with Crippen LogP contribution in [0.25, 0.3) is 17.0 Å². The molecule has 2 aliphatic heterocycles. The van der Waals surface area contributed by atoms with Crippen LogP contribution >= 0.6 is 11.6 Å².